The standard InChI is InChI=1S/C27H24F8O7S2/c1-18(39-2)42-24(26(30,31)32,27(33,34)35)16-40-19-8-12-22(13-9-19)43(21-6-4-3-5-7-21)23-14-10-20(11-15-23)41-17-25(28,29)44(36,37)38/h3-15,18H,16-17H2,1-2H3/p+1. The van der Waals surface area contributed by atoms with Crippen LogP contribution in [0.5, 0.6) is 11.5 Å². The molecular formula is C27H25F8O7S2+. The molecule has 3 rings (SSSR count). The molecule has 1 N–H and O–H groups in total. The second-order valence-corrected chi connectivity index (χ2v) is 12.6. The summed E-state index contributed by atoms with van der Waals surface area (Å²) >= 11 is 0. The quantitative estimate of drug-likeness (QED) is 0.0912. The van der Waals surface area contributed by atoms with E-state index in [1.54, 1.807) is 30.3 Å². The van der Waals surface area contributed by atoms with Crippen LogP contribution >= 0.6 is 0 Å². The van der Waals surface area contributed by atoms with E-state index in [4.69, 9.17) is 14.0 Å². The van der Waals surface area contributed by atoms with E-state index in [-0.39, 0.29) is 11.5 Å². The Labute approximate surface area is 249 Å². The van der Waals surface area contributed by atoms with E-state index >= 15 is 0 Å². The minimum Gasteiger partial charge on any atom is -0.490 e. The van der Waals surface area contributed by atoms with E-state index in [1.807, 2.05) is 0 Å². The Bertz CT molecular complexity index is 1450. The van der Waals surface area contributed by atoms with Gasteiger partial charge < -0.3 is 18.9 Å². The van der Waals surface area contributed by atoms with Crippen molar-refractivity contribution >= 4 is 21.0 Å². The number of hydrogen-bond donors (Lipinski definition) is 1. The molecule has 0 saturated heterocycles. The van der Waals surface area contributed by atoms with Gasteiger partial charge in [-0.1, -0.05) is 18.2 Å². The van der Waals surface area contributed by atoms with E-state index < -0.39 is 63.7 Å². The van der Waals surface area contributed by atoms with E-state index in [9.17, 15) is 43.5 Å². The first kappa shape index (κ1) is 35.4. The van der Waals surface area contributed by atoms with Crippen molar-refractivity contribution in [2.75, 3.05) is 20.3 Å². The summed E-state index contributed by atoms with van der Waals surface area (Å²) in [6, 6.07) is 19.5. The monoisotopic (exact) mass is 677 g/mol. The number of rotatable bonds is 13. The molecule has 0 saturated carbocycles. The lowest BCUT2D eigenvalue weighted by molar-refractivity contribution is -0.410. The van der Waals surface area contributed by atoms with Crippen LogP contribution in [0.15, 0.2) is 93.5 Å². The Morgan fingerprint density at radius 2 is 1.11 bits per heavy atom. The van der Waals surface area contributed by atoms with Crippen LogP contribution in [0, 0.1) is 0 Å². The van der Waals surface area contributed by atoms with Gasteiger partial charge in [0.2, 0.25) is 0 Å². The number of benzene rings is 3. The van der Waals surface area contributed by atoms with Crippen molar-refractivity contribution < 1.29 is 67.0 Å². The predicted molar refractivity (Wildman–Crippen MR) is 141 cm³/mol. The third-order valence-corrected chi connectivity index (χ3v) is 9.04. The Balaban J connectivity index is 1.88. The van der Waals surface area contributed by atoms with Gasteiger partial charge in [0.15, 0.2) is 27.6 Å². The SMILES string of the molecule is COC(C)OC(COc1ccc([S+](c2ccccc2)c2ccc(OCC(F)(F)S(=O)(=O)O)cc2)cc1)(C(F)(F)F)C(F)(F)F. The van der Waals surface area contributed by atoms with Gasteiger partial charge >= 0.3 is 27.7 Å². The lowest BCUT2D eigenvalue weighted by Gasteiger charge is -2.38. The topological polar surface area (TPSA) is 91.3 Å². The Morgan fingerprint density at radius 1 is 0.705 bits per heavy atom. The van der Waals surface area contributed by atoms with Crippen LogP contribution in [0.4, 0.5) is 35.1 Å². The molecule has 7 nitrogen and oxygen atoms in total. The molecule has 0 spiro atoms. The van der Waals surface area contributed by atoms with Crippen LogP contribution in [-0.4, -0.2) is 62.8 Å². The van der Waals surface area contributed by atoms with E-state index in [2.05, 4.69) is 9.47 Å². The molecular weight excluding hydrogens is 652 g/mol. The largest absolute Gasteiger partial charge is 0.490 e. The number of ether oxygens (including phenoxy) is 4. The van der Waals surface area contributed by atoms with Crippen molar-refractivity contribution in [1.29, 1.82) is 0 Å². The lowest BCUT2D eigenvalue weighted by Crippen LogP contribution is -2.63. The summed E-state index contributed by atoms with van der Waals surface area (Å²) in [6.07, 6.45) is -13.7. The van der Waals surface area contributed by atoms with Crippen LogP contribution in [-0.2, 0) is 30.5 Å². The fourth-order valence-corrected chi connectivity index (χ4v) is 5.83. The molecule has 0 aliphatic carbocycles. The minimum atomic E-state index is -5.91. The molecule has 17 heteroatoms. The Morgan fingerprint density at radius 3 is 1.50 bits per heavy atom. The summed E-state index contributed by atoms with van der Waals surface area (Å²) in [5.41, 5.74) is -4.68. The molecule has 0 radical (unpaired) electrons. The van der Waals surface area contributed by atoms with Gasteiger partial charge in [0, 0.05) is 7.11 Å². The highest BCUT2D eigenvalue weighted by Gasteiger charge is 2.74. The summed E-state index contributed by atoms with van der Waals surface area (Å²) < 4.78 is 158. The first-order valence-corrected chi connectivity index (χ1v) is 14.9. The van der Waals surface area contributed by atoms with Crippen molar-refractivity contribution in [2.45, 2.75) is 51.1 Å². The number of hydrogen-bond acceptors (Lipinski definition) is 6. The summed E-state index contributed by atoms with van der Waals surface area (Å²) in [6.45, 7) is -2.72. The Hall–Kier alpha value is -3.12. The van der Waals surface area contributed by atoms with Crippen molar-refractivity contribution in [3.63, 3.8) is 0 Å². The maximum atomic E-state index is 13.7. The van der Waals surface area contributed by atoms with Gasteiger partial charge in [-0.25, -0.2) is 0 Å². The van der Waals surface area contributed by atoms with Crippen molar-refractivity contribution in [3.8, 4) is 11.5 Å². The zero-order chi connectivity index (χ0) is 33.0. The Kier molecular flexibility index (Phi) is 10.8. The molecule has 0 aliphatic rings. The summed E-state index contributed by atoms with van der Waals surface area (Å²) in [5, 5.41) is -4.54. The number of halogens is 8. The van der Waals surface area contributed by atoms with Crippen LogP contribution in [0.1, 0.15) is 6.92 Å². The smallest absolute Gasteiger partial charge is 0.430 e. The highest BCUT2D eigenvalue weighted by atomic mass is 32.2. The first-order chi connectivity index (χ1) is 20.3. The van der Waals surface area contributed by atoms with Gasteiger partial charge in [-0.2, -0.15) is 43.5 Å². The number of methoxy groups -OCH3 is 1. The molecule has 0 aromatic heterocycles. The van der Waals surface area contributed by atoms with E-state index in [0.717, 1.165) is 18.9 Å². The van der Waals surface area contributed by atoms with Gasteiger partial charge in [0.1, 0.15) is 18.1 Å². The molecule has 2 atom stereocenters. The zero-order valence-corrected chi connectivity index (χ0v) is 24.4. The van der Waals surface area contributed by atoms with Gasteiger partial charge in [0.25, 0.3) is 5.60 Å². The number of alkyl halides is 8. The second-order valence-electron chi connectivity index (χ2n) is 9.00. The molecule has 242 valence electrons. The summed E-state index contributed by atoms with van der Waals surface area (Å²) in [7, 11) is -5.73. The highest BCUT2D eigenvalue weighted by Crippen LogP contribution is 2.47. The molecule has 0 bridgehead atoms. The average Bonchev–Trinajstić information content (AvgIpc) is 2.94. The third kappa shape index (κ3) is 8.12. The van der Waals surface area contributed by atoms with Crippen molar-refractivity contribution in [1.82, 2.24) is 0 Å². The molecule has 0 aliphatic heterocycles. The van der Waals surface area contributed by atoms with Crippen LogP contribution in [0.3, 0.4) is 0 Å². The van der Waals surface area contributed by atoms with Gasteiger partial charge in [-0.05, 0) is 67.6 Å². The van der Waals surface area contributed by atoms with Gasteiger partial charge in [-0.3, -0.25) is 4.55 Å². The van der Waals surface area contributed by atoms with Crippen LogP contribution in [0.25, 0.3) is 0 Å². The predicted octanol–water partition coefficient (Wildman–Crippen LogP) is 6.89. The summed E-state index contributed by atoms with van der Waals surface area (Å²) in [4.78, 5) is 1.88. The van der Waals surface area contributed by atoms with Gasteiger partial charge in [0.05, 0.1) is 10.9 Å². The minimum absolute atomic E-state index is 0.139. The highest BCUT2D eigenvalue weighted by molar-refractivity contribution is 7.97. The molecule has 2 unspecified atom stereocenters. The van der Waals surface area contributed by atoms with E-state index in [1.165, 1.54) is 48.5 Å². The van der Waals surface area contributed by atoms with Crippen LogP contribution < -0.4 is 9.47 Å². The maximum absolute atomic E-state index is 13.7. The zero-order valence-electron chi connectivity index (χ0n) is 22.7. The van der Waals surface area contributed by atoms with Gasteiger partial charge in [-0.15, -0.1) is 0 Å². The fourth-order valence-electron chi connectivity index (χ4n) is 3.56. The third-order valence-electron chi connectivity index (χ3n) is 5.94. The average molecular weight is 678 g/mol. The lowest BCUT2D eigenvalue weighted by atomic mass is 10.0. The van der Waals surface area contributed by atoms with E-state index in [0.29, 0.717) is 9.79 Å². The molecule has 0 fully saturated rings. The first-order valence-electron chi connectivity index (χ1n) is 12.3. The van der Waals surface area contributed by atoms with Crippen LogP contribution in [0.2, 0.25) is 0 Å². The molecule has 44 heavy (non-hydrogen) atoms. The molecule has 3 aromatic rings. The molecule has 3 aromatic carbocycles. The van der Waals surface area contributed by atoms with Crippen molar-refractivity contribution in [2.24, 2.45) is 0 Å². The van der Waals surface area contributed by atoms with Crippen molar-refractivity contribution in [3.05, 3.63) is 78.9 Å². The maximum Gasteiger partial charge on any atom is 0.430 e. The summed E-state index contributed by atoms with van der Waals surface area (Å²) in [5.74, 6) is -0.458. The second kappa shape index (κ2) is 13.5. The molecule has 0 heterocycles. The fraction of sp³-hybridized carbons (Fsp3) is 0.333. The normalized spacial score (nSPS) is 14.6. The molecule has 0 amide bonds.